The van der Waals surface area contributed by atoms with E-state index in [-0.39, 0.29) is 0 Å². The molecule has 0 spiro atoms. The highest BCUT2D eigenvalue weighted by atomic mass is 14.9. The van der Waals surface area contributed by atoms with Crippen LogP contribution in [-0.4, -0.2) is 12.6 Å². The largest absolute Gasteiger partial charge is 0.310 e. The van der Waals surface area contributed by atoms with Crippen molar-refractivity contribution in [3.05, 3.63) is 12.2 Å². The normalized spacial score (nSPS) is 31.1. The maximum atomic E-state index is 3.78. The minimum absolute atomic E-state index is 0.693. The fourth-order valence-corrected chi connectivity index (χ4v) is 3.04. The molecule has 0 amide bonds. The highest BCUT2D eigenvalue weighted by Gasteiger charge is 2.41. The second-order valence-electron chi connectivity index (χ2n) is 5.71. The Morgan fingerprint density at radius 3 is 2.33 bits per heavy atom. The van der Waals surface area contributed by atoms with Crippen LogP contribution in [0.5, 0.6) is 0 Å². The van der Waals surface area contributed by atoms with Gasteiger partial charge in [-0.25, -0.2) is 0 Å². The van der Waals surface area contributed by atoms with Gasteiger partial charge in [0.05, 0.1) is 0 Å². The van der Waals surface area contributed by atoms with Crippen molar-refractivity contribution >= 4 is 0 Å². The number of allylic oxidation sites excluding steroid dienone is 1. The zero-order chi connectivity index (χ0) is 10.1. The number of hydrogen-bond donors (Lipinski definition) is 1. The molecule has 1 unspecified atom stereocenters. The molecule has 0 aromatic rings. The molecule has 2 saturated carbocycles. The fourth-order valence-electron chi connectivity index (χ4n) is 3.04. The lowest BCUT2D eigenvalue weighted by molar-refractivity contribution is 0.359. The lowest BCUT2D eigenvalue weighted by Crippen LogP contribution is -2.34. The van der Waals surface area contributed by atoms with Crippen LogP contribution in [0, 0.1) is 17.8 Å². The van der Waals surface area contributed by atoms with E-state index in [1.807, 2.05) is 0 Å². The summed E-state index contributed by atoms with van der Waals surface area (Å²) in [7, 11) is 0. The summed E-state index contributed by atoms with van der Waals surface area (Å²) in [6.45, 7) is 1.30. The predicted molar refractivity (Wildman–Crippen MR) is 63.7 cm³/mol. The Morgan fingerprint density at radius 2 is 1.80 bits per heavy atom. The van der Waals surface area contributed by atoms with Crippen molar-refractivity contribution in [1.29, 1.82) is 0 Å². The summed E-state index contributed by atoms with van der Waals surface area (Å²) in [5.74, 6) is 3.22. The molecule has 3 aliphatic carbocycles. The lowest BCUT2D eigenvalue weighted by Gasteiger charge is -2.22. The molecule has 2 fully saturated rings. The molecule has 0 heterocycles. The van der Waals surface area contributed by atoms with E-state index in [9.17, 15) is 0 Å². The van der Waals surface area contributed by atoms with Crippen molar-refractivity contribution in [1.82, 2.24) is 5.32 Å². The van der Waals surface area contributed by atoms with Crippen LogP contribution in [0.2, 0.25) is 0 Å². The van der Waals surface area contributed by atoms with Gasteiger partial charge in [-0.15, -0.1) is 0 Å². The fraction of sp³-hybridized carbons (Fsp3) is 0.857. The van der Waals surface area contributed by atoms with E-state index in [2.05, 4.69) is 17.5 Å². The Hall–Kier alpha value is -0.300. The summed E-state index contributed by atoms with van der Waals surface area (Å²) in [6.07, 6.45) is 14.8. The molecule has 1 heteroatoms. The Kier molecular flexibility index (Phi) is 2.83. The monoisotopic (exact) mass is 205 g/mol. The zero-order valence-electron chi connectivity index (χ0n) is 9.62. The average Bonchev–Trinajstić information content (AvgIpc) is 3.14. The van der Waals surface area contributed by atoms with E-state index in [4.69, 9.17) is 0 Å². The molecule has 0 aromatic carbocycles. The van der Waals surface area contributed by atoms with Gasteiger partial charge in [-0.05, 0) is 69.2 Å². The minimum atomic E-state index is 0.693. The smallest absolute Gasteiger partial charge is 0.0250 e. The van der Waals surface area contributed by atoms with Gasteiger partial charge >= 0.3 is 0 Å². The average molecular weight is 205 g/mol. The van der Waals surface area contributed by atoms with Crippen LogP contribution < -0.4 is 5.32 Å². The maximum absolute atomic E-state index is 3.78. The van der Waals surface area contributed by atoms with E-state index in [0.29, 0.717) is 6.04 Å². The molecule has 15 heavy (non-hydrogen) atoms. The van der Waals surface area contributed by atoms with Crippen LogP contribution >= 0.6 is 0 Å². The summed E-state index contributed by atoms with van der Waals surface area (Å²) in [4.78, 5) is 0. The third-order valence-corrected chi connectivity index (χ3v) is 4.33. The van der Waals surface area contributed by atoms with E-state index in [1.54, 1.807) is 0 Å². The van der Waals surface area contributed by atoms with Crippen molar-refractivity contribution in [2.24, 2.45) is 17.8 Å². The van der Waals surface area contributed by atoms with Crippen LogP contribution in [0.25, 0.3) is 0 Å². The molecule has 1 atom stereocenters. The van der Waals surface area contributed by atoms with Gasteiger partial charge in [-0.2, -0.15) is 0 Å². The zero-order valence-corrected chi connectivity index (χ0v) is 9.62. The second-order valence-corrected chi connectivity index (χ2v) is 5.71. The Bertz CT molecular complexity index is 226. The first kappa shape index (κ1) is 9.89. The highest BCUT2D eigenvalue weighted by molar-refractivity contribution is 4.99. The Labute approximate surface area is 93.3 Å². The Balaban J connectivity index is 1.46. The van der Waals surface area contributed by atoms with E-state index >= 15 is 0 Å². The standard InChI is InChI=1S/C14H23N/c1-2-4-13(5-3-1)15-10-14(11-6-7-11)12-8-9-12/h2,4,11-15H,1,3,5-10H2. The van der Waals surface area contributed by atoms with Crippen molar-refractivity contribution in [2.75, 3.05) is 6.54 Å². The molecule has 0 aliphatic heterocycles. The quantitative estimate of drug-likeness (QED) is 0.680. The topological polar surface area (TPSA) is 12.0 Å². The number of rotatable bonds is 5. The molecular weight excluding hydrogens is 182 g/mol. The van der Waals surface area contributed by atoms with Gasteiger partial charge in [0.25, 0.3) is 0 Å². The van der Waals surface area contributed by atoms with E-state index in [0.717, 1.165) is 17.8 Å². The van der Waals surface area contributed by atoms with Gasteiger partial charge in [0.1, 0.15) is 0 Å². The van der Waals surface area contributed by atoms with Gasteiger partial charge in [0.2, 0.25) is 0 Å². The van der Waals surface area contributed by atoms with Crippen molar-refractivity contribution in [2.45, 2.75) is 51.0 Å². The van der Waals surface area contributed by atoms with Crippen molar-refractivity contribution < 1.29 is 0 Å². The third-order valence-electron chi connectivity index (χ3n) is 4.33. The molecule has 84 valence electrons. The molecule has 0 aromatic heterocycles. The number of hydrogen-bond acceptors (Lipinski definition) is 1. The van der Waals surface area contributed by atoms with Crippen molar-refractivity contribution in [3.8, 4) is 0 Å². The number of nitrogens with one attached hydrogen (secondary N) is 1. The minimum Gasteiger partial charge on any atom is -0.310 e. The van der Waals surface area contributed by atoms with Crippen LogP contribution in [0.1, 0.15) is 44.9 Å². The summed E-state index contributed by atoms with van der Waals surface area (Å²) in [6, 6.07) is 0.693. The molecule has 0 radical (unpaired) electrons. The van der Waals surface area contributed by atoms with Crippen LogP contribution in [0.3, 0.4) is 0 Å². The molecule has 1 nitrogen and oxygen atoms in total. The lowest BCUT2D eigenvalue weighted by atomic mass is 9.96. The van der Waals surface area contributed by atoms with Crippen LogP contribution in [0.4, 0.5) is 0 Å². The molecule has 3 rings (SSSR count). The first-order valence-corrected chi connectivity index (χ1v) is 6.83. The maximum Gasteiger partial charge on any atom is 0.0250 e. The summed E-state index contributed by atoms with van der Waals surface area (Å²) in [5.41, 5.74) is 0. The summed E-state index contributed by atoms with van der Waals surface area (Å²) < 4.78 is 0. The second kappa shape index (κ2) is 4.29. The molecule has 0 bridgehead atoms. The van der Waals surface area contributed by atoms with Gasteiger partial charge in [-0.3, -0.25) is 0 Å². The van der Waals surface area contributed by atoms with Crippen LogP contribution in [0.15, 0.2) is 12.2 Å². The van der Waals surface area contributed by atoms with E-state index < -0.39 is 0 Å². The molecule has 0 saturated heterocycles. The highest BCUT2D eigenvalue weighted by Crippen LogP contribution is 2.48. The summed E-state index contributed by atoms with van der Waals surface area (Å²) >= 11 is 0. The summed E-state index contributed by atoms with van der Waals surface area (Å²) in [5, 5.41) is 3.78. The predicted octanol–water partition coefficient (Wildman–Crippen LogP) is 3.12. The SMILES string of the molecule is C1=CC(NCC(C2CC2)C2CC2)CCC1. The van der Waals surface area contributed by atoms with Gasteiger partial charge in [-0.1, -0.05) is 12.2 Å². The first-order chi connectivity index (χ1) is 7.43. The molecular formula is C14H23N. The third kappa shape index (κ3) is 2.63. The Morgan fingerprint density at radius 1 is 1.07 bits per heavy atom. The van der Waals surface area contributed by atoms with Gasteiger partial charge in [0, 0.05) is 6.04 Å². The first-order valence-electron chi connectivity index (χ1n) is 6.83. The molecule has 3 aliphatic rings. The van der Waals surface area contributed by atoms with Gasteiger partial charge in [0.15, 0.2) is 0 Å². The van der Waals surface area contributed by atoms with Crippen molar-refractivity contribution in [3.63, 3.8) is 0 Å². The van der Waals surface area contributed by atoms with Gasteiger partial charge < -0.3 is 5.32 Å². The van der Waals surface area contributed by atoms with Crippen LogP contribution in [-0.2, 0) is 0 Å². The molecule has 1 N–H and O–H groups in total. The van der Waals surface area contributed by atoms with E-state index in [1.165, 1.54) is 51.5 Å².